The van der Waals surface area contributed by atoms with Crippen LogP contribution in [0.5, 0.6) is 0 Å². The van der Waals surface area contributed by atoms with Crippen LogP contribution >= 0.6 is 7.82 Å². The van der Waals surface area contributed by atoms with E-state index in [2.05, 4.69) is 14.6 Å². The molecule has 0 fully saturated rings. The Balaban J connectivity index is 2.90. The van der Waals surface area contributed by atoms with Gasteiger partial charge in [-0.25, -0.2) is 14.0 Å². The number of hydrogen-bond acceptors (Lipinski definition) is 4. The van der Waals surface area contributed by atoms with Gasteiger partial charge >= 0.3 is 13.5 Å². The van der Waals surface area contributed by atoms with E-state index in [0.29, 0.717) is 0 Å². The maximum absolute atomic E-state index is 11.2. The summed E-state index contributed by atoms with van der Waals surface area (Å²) in [4.78, 5) is 31.2. The Morgan fingerprint density at radius 3 is 2.53 bits per heavy atom. The van der Waals surface area contributed by atoms with Gasteiger partial charge in [-0.1, -0.05) is 20.8 Å². The second-order valence-electron chi connectivity index (χ2n) is 4.73. The third-order valence-corrected chi connectivity index (χ3v) is 2.72. The van der Waals surface area contributed by atoms with Crippen LogP contribution in [0.25, 0.3) is 0 Å². The maximum atomic E-state index is 11.2. The number of rotatable bonds is 4. The van der Waals surface area contributed by atoms with Crippen LogP contribution in [0.15, 0.2) is 11.1 Å². The van der Waals surface area contributed by atoms with E-state index in [9.17, 15) is 9.36 Å². The summed E-state index contributed by atoms with van der Waals surface area (Å²) in [7, 11) is -4.61. The van der Waals surface area contributed by atoms with Gasteiger partial charge in [0.1, 0.15) is 6.33 Å². The van der Waals surface area contributed by atoms with E-state index < -0.39 is 25.0 Å². The normalized spacial score (nSPS) is 14.9. The lowest BCUT2D eigenvalue weighted by molar-refractivity contribution is 0.0373. The van der Waals surface area contributed by atoms with Crippen LogP contribution < -0.4 is 5.69 Å². The van der Waals surface area contributed by atoms with Gasteiger partial charge in [-0.2, -0.15) is 5.10 Å². The molecular formula is C8H16N3O5P. The number of nitrogens with zero attached hydrogens (tertiary/aromatic N) is 2. The molecule has 0 saturated heterocycles. The highest BCUT2D eigenvalue weighted by Crippen LogP contribution is 2.42. The van der Waals surface area contributed by atoms with E-state index in [1.54, 1.807) is 20.8 Å². The summed E-state index contributed by atoms with van der Waals surface area (Å²) in [5.41, 5.74) is -0.993. The SMILES string of the molecule is CC(C)(C)C(Cn1nc[nH]c1=O)OP(=O)(O)O. The first-order valence-electron chi connectivity index (χ1n) is 4.94. The molecule has 1 aromatic rings. The Bertz CT molecular complexity index is 468. The average Bonchev–Trinajstić information content (AvgIpc) is 2.46. The van der Waals surface area contributed by atoms with Gasteiger partial charge in [-0.3, -0.25) is 9.51 Å². The van der Waals surface area contributed by atoms with Crippen molar-refractivity contribution in [2.24, 2.45) is 5.41 Å². The van der Waals surface area contributed by atoms with Gasteiger partial charge in [0, 0.05) is 0 Å². The molecule has 98 valence electrons. The Labute approximate surface area is 97.9 Å². The fraction of sp³-hybridized carbons (Fsp3) is 0.750. The Morgan fingerprint density at radius 1 is 1.59 bits per heavy atom. The van der Waals surface area contributed by atoms with Gasteiger partial charge < -0.3 is 9.79 Å². The van der Waals surface area contributed by atoms with Gasteiger partial charge in [-0.15, -0.1) is 0 Å². The fourth-order valence-corrected chi connectivity index (χ4v) is 1.91. The molecule has 0 saturated carbocycles. The molecule has 1 aromatic heterocycles. The number of hydrogen-bond donors (Lipinski definition) is 3. The molecule has 0 aromatic carbocycles. The molecule has 0 bridgehead atoms. The average molecular weight is 265 g/mol. The molecule has 3 N–H and O–H groups in total. The maximum Gasteiger partial charge on any atom is 0.469 e. The summed E-state index contributed by atoms with van der Waals surface area (Å²) in [5.74, 6) is 0. The molecule has 0 aliphatic carbocycles. The van der Waals surface area contributed by atoms with E-state index in [1.165, 1.54) is 6.33 Å². The highest BCUT2D eigenvalue weighted by molar-refractivity contribution is 7.46. The summed E-state index contributed by atoms with van der Waals surface area (Å²) >= 11 is 0. The zero-order valence-electron chi connectivity index (χ0n) is 9.82. The molecule has 1 rings (SSSR count). The van der Waals surface area contributed by atoms with Crippen molar-refractivity contribution in [3.63, 3.8) is 0 Å². The van der Waals surface area contributed by atoms with Gasteiger partial charge in [0.2, 0.25) is 0 Å². The Hall–Kier alpha value is -0.950. The van der Waals surface area contributed by atoms with Crippen LogP contribution in [0.2, 0.25) is 0 Å². The lowest BCUT2D eigenvalue weighted by atomic mass is 9.89. The van der Waals surface area contributed by atoms with Crippen LogP contribution in [-0.4, -0.2) is 30.7 Å². The molecule has 0 spiro atoms. The minimum absolute atomic E-state index is 0.0308. The van der Waals surface area contributed by atoms with E-state index in [1.807, 2.05) is 0 Å². The largest absolute Gasteiger partial charge is 0.469 e. The first-order valence-corrected chi connectivity index (χ1v) is 6.47. The van der Waals surface area contributed by atoms with E-state index in [0.717, 1.165) is 4.68 Å². The zero-order chi connectivity index (χ0) is 13.3. The number of aromatic nitrogens is 3. The summed E-state index contributed by atoms with van der Waals surface area (Å²) in [6, 6.07) is 0. The lowest BCUT2D eigenvalue weighted by Gasteiger charge is -2.30. The molecule has 17 heavy (non-hydrogen) atoms. The van der Waals surface area contributed by atoms with E-state index in [4.69, 9.17) is 9.79 Å². The van der Waals surface area contributed by atoms with Crippen LogP contribution in [0, 0.1) is 5.41 Å². The molecule has 1 heterocycles. The minimum atomic E-state index is -4.61. The molecule has 8 nitrogen and oxygen atoms in total. The third-order valence-electron chi connectivity index (χ3n) is 2.19. The van der Waals surface area contributed by atoms with Crippen LogP contribution in [0.3, 0.4) is 0 Å². The second kappa shape index (κ2) is 4.73. The monoisotopic (exact) mass is 265 g/mol. The molecule has 0 amide bonds. The summed E-state index contributed by atoms with van der Waals surface area (Å²) in [6.45, 7) is 5.23. The first kappa shape index (κ1) is 14.1. The van der Waals surface area contributed by atoms with Crippen LogP contribution in [-0.2, 0) is 15.6 Å². The molecule has 9 heteroatoms. The van der Waals surface area contributed by atoms with Crippen molar-refractivity contribution in [3.8, 4) is 0 Å². The fourth-order valence-electron chi connectivity index (χ4n) is 1.20. The first-order chi connectivity index (χ1) is 7.59. The van der Waals surface area contributed by atoms with Gasteiger partial charge in [-0.05, 0) is 5.41 Å². The smallest absolute Gasteiger partial charge is 0.303 e. The number of H-pyrrole nitrogens is 1. The van der Waals surface area contributed by atoms with E-state index in [-0.39, 0.29) is 6.54 Å². The van der Waals surface area contributed by atoms with Crippen LogP contribution in [0.4, 0.5) is 0 Å². The molecule has 0 radical (unpaired) electrons. The van der Waals surface area contributed by atoms with Gasteiger partial charge in [0.25, 0.3) is 0 Å². The summed E-state index contributed by atoms with van der Waals surface area (Å²) in [6.07, 6.45) is 0.379. The predicted molar refractivity (Wildman–Crippen MR) is 59.2 cm³/mol. The Morgan fingerprint density at radius 2 is 2.18 bits per heavy atom. The lowest BCUT2D eigenvalue weighted by Crippen LogP contribution is -2.36. The number of aromatic amines is 1. The number of phosphoric acid groups is 1. The number of nitrogens with one attached hydrogen (secondary N) is 1. The van der Waals surface area contributed by atoms with Gasteiger partial charge in [0.05, 0.1) is 12.6 Å². The molecule has 1 unspecified atom stereocenters. The standard InChI is InChI=1S/C8H16N3O5P/c1-8(2,3)6(16-17(13,14)15)4-11-7(12)9-5-10-11/h5-6H,4H2,1-3H3,(H,9,10,12)(H2,13,14,15). The zero-order valence-corrected chi connectivity index (χ0v) is 10.7. The summed E-state index contributed by atoms with van der Waals surface area (Å²) < 4.78 is 16.6. The van der Waals surface area contributed by atoms with Crippen molar-refractivity contribution in [1.82, 2.24) is 14.8 Å². The molecule has 0 aliphatic rings. The van der Waals surface area contributed by atoms with Crippen molar-refractivity contribution >= 4 is 7.82 Å². The van der Waals surface area contributed by atoms with Crippen molar-refractivity contribution in [1.29, 1.82) is 0 Å². The Kier molecular flexibility index (Phi) is 3.93. The second-order valence-corrected chi connectivity index (χ2v) is 5.92. The minimum Gasteiger partial charge on any atom is -0.303 e. The van der Waals surface area contributed by atoms with Gasteiger partial charge in [0.15, 0.2) is 0 Å². The highest BCUT2D eigenvalue weighted by atomic mass is 31.2. The van der Waals surface area contributed by atoms with Crippen molar-refractivity contribution in [3.05, 3.63) is 16.8 Å². The van der Waals surface area contributed by atoms with Crippen LogP contribution in [0.1, 0.15) is 20.8 Å². The quantitative estimate of drug-likeness (QED) is 0.664. The molecular weight excluding hydrogens is 249 g/mol. The summed E-state index contributed by atoms with van der Waals surface area (Å²) in [5, 5.41) is 3.71. The molecule has 0 aliphatic heterocycles. The molecule has 1 atom stereocenters. The third kappa shape index (κ3) is 4.43. The van der Waals surface area contributed by atoms with Crippen molar-refractivity contribution < 1.29 is 18.9 Å². The highest BCUT2D eigenvalue weighted by Gasteiger charge is 2.32. The van der Waals surface area contributed by atoms with Crippen molar-refractivity contribution in [2.75, 3.05) is 0 Å². The van der Waals surface area contributed by atoms with E-state index >= 15 is 0 Å². The van der Waals surface area contributed by atoms with Crippen molar-refractivity contribution in [2.45, 2.75) is 33.4 Å². The topological polar surface area (TPSA) is 117 Å². The predicted octanol–water partition coefficient (Wildman–Crippen LogP) is 0.0954. The number of phosphoric ester groups is 1.